The molecule has 258 valence electrons. The monoisotopic (exact) mass is 742 g/mol. The van der Waals surface area contributed by atoms with E-state index in [-0.39, 0.29) is 0 Å². The van der Waals surface area contributed by atoms with Crippen LogP contribution in [-0.2, 0) is 23.1 Å². The molecule has 7 heterocycles. The van der Waals surface area contributed by atoms with Crippen molar-refractivity contribution in [1.29, 1.82) is 0 Å². The van der Waals surface area contributed by atoms with Crippen molar-refractivity contribution in [3.63, 3.8) is 0 Å². The second-order valence-electron chi connectivity index (χ2n) is 11.1. The van der Waals surface area contributed by atoms with Gasteiger partial charge in [-0.15, -0.1) is 12.2 Å². The smallest absolute Gasteiger partial charge is 0.324 e. The largest absolute Gasteiger partial charge is 0.394 e. The van der Waals surface area contributed by atoms with Gasteiger partial charge in [0, 0.05) is 13.1 Å². The Balaban J connectivity index is 1.23. The lowest BCUT2D eigenvalue weighted by molar-refractivity contribution is -0.0489. The summed E-state index contributed by atoms with van der Waals surface area (Å²) in [6.45, 7) is -4.23. The van der Waals surface area contributed by atoms with E-state index in [0.717, 1.165) is 0 Å². The first-order valence-electron chi connectivity index (χ1n) is 14.7. The summed E-state index contributed by atoms with van der Waals surface area (Å²) >= 11 is 8.20. The van der Waals surface area contributed by atoms with Gasteiger partial charge in [0.1, 0.15) is 37.1 Å². The number of hydrogen-bond acceptors (Lipinski definition) is 16. The van der Waals surface area contributed by atoms with Crippen molar-refractivity contribution in [2.75, 3.05) is 36.9 Å². The van der Waals surface area contributed by atoms with Gasteiger partial charge in [0.05, 0.1) is 38.0 Å². The van der Waals surface area contributed by atoms with Crippen LogP contribution in [-0.4, -0.2) is 117 Å². The maximum atomic E-state index is 13.6. The molecule has 4 aromatic heterocycles. The zero-order chi connectivity index (χ0) is 33.6. The Bertz CT molecular complexity index is 1900. The van der Waals surface area contributed by atoms with Crippen molar-refractivity contribution in [2.45, 2.75) is 49.0 Å². The number of aromatic nitrogens is 8. The second kappa shape index (κ2) is 13.9. The van der Waals surface area contributed by atoms with Crippen LogP contribution in [0.25, 0.3) is 22.3 Å². The van der Waals surface area contributed by atoms with Crippen molar-refractivity contribution in [3.05, 3.63) is 37.5 Å². The summed E-state index contributed by atoms with van der Waals surface area (Å²) in [5.41, 5.74) is 1.53. The molecule has 6 unspecified atom stereocenters. The van der Waals surface area contributed by atoms with E-state index < -0.39 is 76.0 Å². The summed E-state index contributed by atoms with van der Waals surface area (Å²) in [7, 11) is -2.64. The Labute approximate surface area is 282 Å². The SMILES string of the molecule is O=[PH](S)N[C@@H]1C2COP(=O)(S)NC3C(CO)OC([C@@H]3O)n3cnc4c(ncnc43)NC/C=C/CNc3ncnc4c3ncn4[C@H](O2)[C@@H]1O. The number of nitrogens with one attached hydrogen (secondary N) is 4. The number of aliphatic hydroxyl groups is 3. The fraction of sp³-hybridized carbons (Fsp3) is 0.500. The number of thiol groups is 2. The quantitative estimate of drug-likeness (QED) is 0.0752. The molecule has 0 saturated carbocycles. The lowest BCUT2D eigenvalue weighted by atomic mass is 10.1. The molecule has 0 aliphatic carbocycles. The van der Waals surface area contributed by atoms with Gasteiger partial charge in [-0.1, -0.05) is 24.4 Å². The fourth-order valence-electron chi connectivity index (χ4n) is 5.94. The van der Waals surface area contributed by atoms with Gasteiger partial charge in [-0.25, -0.2) is 35.0 Å². The van der Waals surface area contributed by atoms with Crippen LogP contribution in [0.4, 0.5) is 11.6 Å². The van der Waals surface area contributed by atoms with Crippen LogP contribution in [0.1, 0.15) is 12.5 Å². The minimum atomic E-state index is -4.06. The summed E-state index contributed by atoms with van der Waals surface area (Å²) in [5.74, 6) is 0.886. The molecule has 24 heteroatoms. The summed E-state index contributed by atoms with van der Waals surface area (Å²) in [4.78, 5) is 26.1. The molecule has 12 bridgehead atoms. The number of aliphatic hydroxyl groups excluding tert-OH is 3. The van der Waals surface area contributed by atoms with E-state index in [1.54, 1.807) is 0 Å². The van der Waals surface area contributed by atoms with Gasteiger partial charge in [0.25, 0.3) is 0 Å². The van der Waals surface area contributed by atoms with Crippen LogP contribution >= 0.6 is 38.4 Å². The zero-order valence-electron chi connectivity index (χ0n) is 24.7. The van der Waals surface area contributed by atoms with E-state index in [1.807, 2.05) is 12.2 Å². The maximum Gasteiger partial charge on any atom is 0.324 e. The molecule has 10 atom stereocenters. The van der Waals surface area contributed by atoms with Crippen LogP contribution in [0.3, 0.4) is 0 Å². The molecular formula is C24H32N12O8P2S2. The molecule has 0 spiro atoms. The molecule has 0 amide bonds. The Kier molecular flexibility index (Phi) is 9.77. The highest BCUT2D eigenvalue weighted by atomic mass is 32.7. The van der Waals surface area contributed by atoms with Crippen molar-refractivity contribution in [3.8, 4) is 0 Å². The minimum Gasteiger partial charge on any atom is -0.394 e. The topological polar surface area (TPSA) is 258 Å². The third kappa shape index (κ3) is 6.48. The van der Waals surface area contributed by atoms with Gasteiger partial charge in [-0.05, 0) is 0 Å². The summed E-state index contributed by atoms with van der Waals surface area (Å²) in [5, 5.41) is 44.6. The van der Waals surface area contributed by atoms with Crippen LogP contribution in [0, 0.1) is 0 Å². The van der Waals surface area contributed by atoms with Gasteiger partial charge in [0.15, 0.2) is 53.6 Å². The normalized spacial score (nSPS) is 34.2. The summed E-state index contributed by atoms with van der Waals surface area (Å²) in [6.07, 6.45) is 2.45. The van der Waals surface area contributed by atoms with E-state index in [0.29, 0.717) is 47.1 Å². The van der Waals surface area contributed by atoms with Crippen LogP contribution < -0.4 is 20.8 Å². The lowest BCUT2D eigenvalue weighted by Crippen LogP contribution is -2.45. The maximum absolute atomic E-state index is 13.6. The van der Waals surface area contributed by atoms with E-state index >= 15 is 0 Å². The van der Waals surface area contributed by atoms with Crippen LogP contribution in [0.15, 0.2) is 37.5 Å². The minimum absolute atomic E-state index is 0.347. The van der Waals surface area contributed by atoms with Gasteiger partial charge >= 0.3 is 6.72 Å². The lowest BCUT2D eigenvalue weighted by Gasteiger charge is -2.26. The standard InChI is InChI=1S/C24H32N12O8P2S2/c37-5-11-14-18(39)24(43-11)36-10-32-16-20(28-8-30-22(16)36)26-4-2-1-3-25-19-15-21(29-7-27-19)35(9-31-15)23-17(38)13(33-45(40)47)12(44-23)6-42-46(41,48)34-14/h1-2,7-14,17-18,23-24,37-39,45H,3-6H2,(H,25,27,29)(H,26,28,30)(H2,33,40,47)(H2,34,41,48)/b2-1+/t11?,12?,13-,14?,17-,18-,23-,24?,46?/m1/s1. The highest BCUT2D eigenvalue weighted by molar-refractivity contribution is 8.45. The molecule has 20 nitrogen and oxygen atoms in total. The summed E-state index contributed by atoms with van der Waals surface area (Å²) in [6, 6.07) is -2.09. The summed E-state index contributed by atoms with van der Waals surface area (Å²) < 4.78 is 46.6. The average molecular weight is 743 g/mol. The molecule has 2 saturated heterocycles. The number of nitrogens with zero attached hydrogens (tertiary/aromatic N) is 8. The molecule has 7 N–H and O–H groups in total. The highest BCUT2D eigenvalue weighted by Gasteiger charge is 2.49. The predicted octanol–water partition coefficient (Wildman–Crippen LogP) is -0.141. The first kappa shape index (κ1) is 33.8. The van der Waals surface area contributed by atoms with Crippen molar-refractivity contribution in [1.82, 2.24) is 49.2 Å². The van der Waals surface area contributed by atoms with Gasteiger partial charge in [-0.2, -0.15) is 0 Å². The Hall–Kier alpha value is -2.72. The third-order valence-corrected chi connectivity index (χ3v) is 10.9. The van der Waals surface area contributed by atoms with Gasteiger partial charge in [-0.3, -0.25) is 23.4 Å². The van der Waals surface area contributed by atoms with E-state index in [9.17, 15) is 24.4 Å². The van der Waals surface area contributed by atoms with E-state index in [1.165, 1.54) is 34.4 Å². The van der Waals surface area contributed by atoms with Crippen molar-refractivity contribution < 1.29 is 38.4 Å². The number of fused-ring (bicyclic) bond motifs is 6. The third-order valence-electron chi connectivity index (χ3n) is 8.15. The molecule has 4 aromatic rings. The Morgan fingerprint density at radius 2 is 1.52 bits per heavy atom. The Morgan fingerprint density at radius 3 is 2.08 bits per heavy atom. The molecule has 0 aromatic carbocycles. The van der Waals surface area contributed by atoms with Gasteiger partial charge < -0.3 is 40.0 Å². The van der Waals surface area contributed by atoms with Crippen LogP contribution in [0.5, 0.6) is 0 Å². The molecule has 2 fully saturated rings. The van der Waals surface area contributed by atoms with Gasteiger partial charge in [0.2, 0.25) is 0 Å². The zero-order valence-corrected chi connectivity index (χ0v) is 28.4. The highest BCUT2D eigenvalue weighted by Crippen LogP contribution is 2.51. The molecular weight excluding hydrogens is 710 g/mol. The number of hydrogen-bond donors (Lipinski definition) is 9. The molecule has 0 radical (unpaired) electrons. The number of imidazole rings is 2. The second-order valence-corrected chi connectivity index (χ2v) is 16.3. The molecule has 7 rings (SSSR count). The first-order valence-corrected chi connectivity index (χ1v) is 20.1. The van der Waals surface area contributed by atoms with E-state index in [4.69, 9.17) is 14.0 Å². The number of ether oxygens (including phenoxy) is 2. The first-order chi connectivity index (χ1) is 23.1. The molecule has 3 aliphatic rings. The average Bonchev–Trinajstić information content (AvgIpc) is 3.82. The molecule has 3 aliphatic heterocycles. The Morgan fingerprint density at radius 1 is 0.938 bits per heavy atom. The molecule has 48 heavy (non-hydrogen) atoms. The number of rotatable bonds is 3. The van der Waals surface area contributed by atoms with E-state index in [2.05, 4.69) is 75.2 Å². The van der Waals surface area contributed by atoms with Crippen molar-refractivity contribution in [2.24, 2.45) is 0 Å². The predicted molar refractivity (Wildman–Crippen MR) is 178 cm³/mol. The van der Waals surface area contributed by atoms with Crippen molar-refractivity contribution >= 4 is 72.3 Å². The fourth-order valence-corrected chi connectivity index (χ4v) is 8.74. The van der Waals surface area contributed by atoms with Crippen LogP contribution in [0.2, 0.25) is 0 Å². The number of anilines is 2.